The molecule has 0 saturated heterocycles. The maximum atomic E-state index is 8.77. The predicted molar refractivity (Wildman–Crippen MR) is 41.4 cm³/mol. The maximum absolute atomic E-state index is 8.77. The molecular formula is C9H15N. The van der Waals surface area contributed by atoms with Crippen molar-refractivity contribution < 1.29 is 0 Å². The molecule has 0 bridgehead atoms. The third-order valence-electron chi connectivity index (χ3n) is 1.96. The lowest BCUT2D eigenvalue weighted by Crippen LogP contribution is -2.12. The Morgan fingerprint density at radius 3 is 2.00 bits per heavy atom. The standard InChI is InChI=1S/C9H15N/c1-8(2,3)6-9(7-10)4-5-9/h4-6H2,1-3H3. The molecule has 10 heavy (non-hydrogen) atoms. The number of hydrogen-bond donors (Lipinski definition) is 0. The van der Waals surface area contributed by atoms with Crippen LogP contribution in [0.15, 0.2) is 0 Å². The van der Waals surface area contributed by atoms with Gasteiger partial charge in [0.2, 0.25) is 0 Å². The third kappa shape index (κ3) is 1.73. The van der Waals surface area contributed by atoms with Crippen molar-refractivity contribution in [1.82, 2.24) is 0 Å². The van der Waals surface area contributed by atoms with Crippen LogP contribution in [0.2, 0.25) is 0 Å². The van der Waals surface area contributed by atoms with Crippen LogP contribution in [0.3, 0.4) is 0 Å². The van der Waals surface area contributed by atoms with Crippen LogP contribution in [0.5, 0.6) is 0 Å². The molecule has 0 atom stereocenters. The number of nitriles is 1. The monoisotopic (exact) mass is 137 g/mol. The zero-order valence-electron chi connectivity index (χ0n) is 7.07. The minimum Gasteiger partial charge on any atom is -0.198 e. The van der Waals surface area contributed by atoms with Gasteiger partial charge >= 0.3 is 0 Å². The molecular weight excluding hydrogens is 122 g/mol. The van der Waals surface area contributed by atoms with E-state index in [0.29, 0.717) is 5.41 Å². The zero-order valence-corrected chi connectivity index (χ0v) is 7.07. The summed E-state index contributed by atoms with van der Waals surface area (Å²) in [7, 11) is 0. The molecule has 0 aromatic carbocycles. The van der Waals surface area contributed by atoms with E-state index in [1.807, 2.05) is 0 Å². The highest BCUT2D eigenvalue weighted by molar-refractivity contribution is 5.10. The van der Waals surface area contributed by atoms with Gasteiger partial charge in [-0.1, -0.05) is 20.8 Å². The molecule has 1 heteroatoms. The van der Waals surface area contributed by atoms with E-state index in [1.165, 1.54) is 0 Å². The average Bonchev–Trinajstić information content (AvgIpc) is 2.45. The lowest BCUT2D eigenvalue weighted by Gasteiger charge is -2.20. The second-order valence-corrected chi connectivity index (χ2v) is 4.63. The molecule has 0 aromatic rings. The summed E-state index contributed by atoms with van der Waals surface area (Å²) < 4.78 is 0. The number of hydrogen-bond acceptors (Lipinski definition) is 1. The van der Waals surface area contributed by atoms with Gasteiger partial charge < -0.3 is 0 Å². The molecule has 0 amide bonds. The van der Waals surface area contributed by atoms with Gasteiger partial charge in [-0.2, -0.15) is 5.26 Å². The third-order valence-corrected chi connectivity index (χ3v) is 1.96. The molecule has 0 heterocycles. The molecule has 1 nitrogen and oxygen atoms in total. The second kappa shape index (κ2) is 1.99. The molecule has 1 rings (SSSR count). The Balaban J connectivity index is 2.48. The quantitative estimate of drug-likeness (QED) is 0.545. The highest BCUT2D eigenvalue weighted by atomic mass is 14.5. The summed E-state index contributed by atoms with van der Waals surface area (Å²) >= 11 is 0. The van der Waals surface area contributed by atoms with Crippen molar-refractivity contribution in [1.29, 1.82) is 5.26 Å². The summed E-state index contributed by atoms with van der Waals surface area (Å²) in [5.74, 6) is 0. The molecule has 0 aliphatic heterocycles. The van der Waals surface area contributed by atoms with Crippen LogP contribution in [0.1, 0.15) is 40.0 Å². The zero-order chi connectivity index (χ0) is 7.83. The normalized spacial score (nSPS) is 21.8. The van der Waals surface area contributed by atoms with Gasteiger partial charge in [-0.15, -0.1) is 0 Å². The summed E-state index contributed by atoms with van der Waals surface area (Å²) in [6.45, 7) is 6.60. The van der Waals surface area contributed by atoms with Crippen molar-refractivity contribution in [3.05, 3.63) is 0 Å². The lowest BCUT2D eigenvalue weighted by atomic mass is 9.83. The van der Waals surface area contributed by atoms with E-state index in [2.05, 4.69) is 26.8 Å². The Morgan fingerprint density at radius 2 is 1.90 bits per heavy atom. The topological polar surface area (TPSA) is 23.8 Å². The van der Waals surface area contributed by atoms with Gasteiger partial charge in [0.1, 0.15) is 0 Å². The first-order valence-corrected chi connectivity index (χ1v) is 3.89. The molecule has 0 unspecified atom stereocenters. The Kier molecular flexibility index (Phi) is 1.51. The van der Waals surface area contributed by atoms with Crippen molar-refractivity contribution >= 4 is 0 Å². The van der Waals surface area contributed by atoms with Crippen LogP contribution < -0.4 is 0 Å². The van der Waals surface area contributed by atoms with Crippen LogP contribution in [0, 0.1) is 22.2 Å². The summed E-state index contributed by atoms with van der Waals surface area (Å²) in [6.07, 6.45) is 3.32. The molecule has 0 N–H and O–H groups in total. The largest absolute Gasteiger partial charge is 0.198 e. The summed E-state index contributed by atoms with van der Waals surface area (Å²) in [5.41, 5.74) is 0.407. The highest BCUT2D eigenvalue weighted by Crippen LogP contribution is 2.52. The lowest BCUT2D eigenvalue weighted by molar-refractivity contribution is 0.318. The molecule has 0 aromatic heterocycles. The predicted octanol–water partition coefficient (Wildman–Crippen LogP) is 2.73. The molecule has 56 valence electrons. The van der Waals surface area contributed by atoms with Crippen LogP contribution in [0.4, 0.5) is 0 Å². The van der Waals surface area contributed by atoms with Gasteiger partial charge in [0, 0.05) is 0 Å². The van der Waals surface area contributed by atoms with E-state index in [4.69, 9.17) is 5.26 Å². The molecule has 1 aliphatic carbocycles. The van der Waals surface area contributed by atoms with E-state index >= 15 is 0 Å². The van der Waals surface area contributed by atoms with Gasteiger partial charge in [-0.25, -0.2) is 0 Å². The van der Waals surface area contributed by atoms with Crippen LogP contribution in [-0.2, 0) is 0 Å². The van der Waals surface area contributed by atoms with E-state index in [-0.39, 0.29) is 5.41 Å². The SMILES string of the molecule is CC(C)(C)CC1(C#N)CC1. The van der Waals surface area contributed by atoms with E-state index < -0.39 is 0 Å². The molecule has 1 aliphatic rings. The Bertz CT molecular complexity index is 164. The minimum atomic E-state index is 0.0816. The molecule has 0 radical (unpaired) electrons. The van der Waals surface area contributed by atoms with Gasteiger partial charge in [0.15, 0.2) is 0 Å². The smallest absolute Gasteiger partial charge is 0.0689 e. The summed E-state index contributed by atoms with van der Waals surface area (Å²) in [6, 6.07) is 2.41. The van der Waals surface area contributed by atoms with Gasteiger partial charge in [0.05, 0.1) is 11.5 Å². The minimum absolute atomic E-state index is 0.0816. The van der Waals surface area contributed by atoms with Crippen molar-refractivity contribution in [2.24, 2.45) is 10.8 Å². The first-order valence-electron chi connectivity index (χ1n) is 3.89. The first kappa shape index (κ1) is 7.60. The Hall–Kier alpha value is -0.510. The average molecular weight is 137 g/mol. The Labute approximate surface area is 63.0 Å². The first-order chi connectivity index (χ1) is 4.47. The van der Waals surface area contributed by atoms with Crippen molar-refractivity contribution in [3.63, 3.8) is 0 Å². The molecule has 0 spiro atoms. The van der Waals surface area contributed by atoms with Gasteiger partial charge in [-0.05, 0) is 24.7 Å². The van der Waals surface area contributed by atoms with E-state index in [0.717, 1.165) is 19.3 Å². The van der Waals surface area contributed by atoms with Crippen molar-refractivity contribution in [2.45, 2.75) is 40.0 Å². The summed E-state index contributed by atoms with van der Waals surface area (Å²) in [4.78, 5) is 0. The van der Waals surface area contributed by atoms with Crippen molar-refractivity contribution in [2.75, 3.05) is 0 Å². The summed E-state index contributed by atoms with van der Waals surface area (Å²) in [5, 5.41) is 8.77. The van der Waals surface area contributed by atoms with E-state index in [1.54, 1.807) is 0 Å². The van der Waals surface area contributed by atoms with Crippen LogP contribution in [-0.4, -0.2) is 0 Å². The number of nitrogens with zero attached hydrogens (tertiary/aromatic N) is 1. The molecule has 1 fully saturated rings. The fourth-order valence-electron chi connectivity index (χ4n) is 1.49. The van der Waals surface area contributed by atoms with Crippen LogP contribution in [0.25, 0.3) is 0 Å². The number of rotatable bonds is 1. The fraction of sp³-hybridized carbons (Fsp3) is 0.889. The van der Waals surface area contributed by atoms with Gasteiger partial charge in [0.25, 0.3) is 0 Å². The fourth-order valence-corrected chi connectivity index (χ4v) is 1.49. The highest BCUT2D eigenvalue weighted by Gasteiger charge is 2.45. The maximum Gasteiger partial charge on any atom is 0.0689 e. The molecule has 1 saturated carbocycles. The van der Waals surface area contributed by atoms with Gasteiger partial charge in [-0.3, -0.25) is 0 Å². The second-order valence-electron chi connectivity index (χ2n) is 4.63. The van der Waals surface area contributed by atoms with Crippen molar-refractivity contribution in [3.8, 4) is 6.07 Å². The van der Waals surface area contributed by atoms with Crippen LogP contribution >= 0.6 is 0 Å². The Morgan fingerprint density at radius 1 is 1.40 bits per heavy atom. The van der Waals surface area contributed by atoms with E-state index in [9.17, 15) is 0 Å².